The van der Waals surface area contributed by atoms with Crippen LogP contribution in [0.15, 0.2) is 35.5 Å². The lowest BCUT2D eigenvalue weighted by molar-refractivity contribution is -0.384. The van der Waals surface area contributed by atoms with Crippen molar-refractivity contribution in [3.8, 4) is 0 Å². The summed E-state index contributed by atoms with van der Waals surface area (Å²) in [6.45, 7) is 1.72. The average Bonchev–Trinajstić information content (AvgIpc) is 3.38. The van der Waals surface area contributed by atoms with Crippen molar-refractivity contribution in [2.75, 3.05) is 7.11 Å². The van der Waals surface area contributed by atoms with Crippen LogP contribution in [0.4, 0.5) is 10.5 Å². The first-order valence-corrected chi connectivity index (χ1v) is 7.57. The number of esters is 1. The first-order valence-electron chi connectivity index (χ1n) is 7.57. The van der Waals surface area contributed by atoms with E-state index in [1.807, 2.05) is 0 Å². The summed E-state index contributed by atoms with van der Waals surface area (Å²) >= 11 is 0. The molecular formula is C16H17N3O5. The van der Waals surface area contributed by atoms with Gasteiger partial charge in [0.25, 0.3) is 5.69 Å². The Morgan fingerprint density at radius 2 is 1.96 bits per heavy atom. The molecule has 0 bridgehead atoms. The minimum atomic E-state index is -0.694. The van der Waals surface area contributed by atoms with Crippen LogP contribution in [0.25, 0.3) is 0 Å². The maximum Gasteiger partial charge on any atom is 0.337 e. The summed E-state index contributed by atoms with van der Waals surface area (Å²) in [5.74, 6) is -0.526. The number of nitrogens with zero attached hydrogens (tertiary/aromatic N) is 2. The van der Waals surface area contributed by atoms with Gasteiger partial charge in [0.2, 0.25) is 0 Å². The quantitative estimate of drug-likeness (QED) is 0.518. The Bertz CT molecular complexity index is 737. The summed E-state index contributed by atoms with van der Waals surface area (Å²) in [5.41, 5.74) is 1.44. The third-order valence-corrected chi connectivity index (χ3v) is 4.28. The SMILES string of the molecule is COC(=O)C1=C(C)N(C2CC2)C(=O)NC1c1ccc([N+](=O)[O-])cc1. The zero-order valence-electron chi connectivity index (χ0n) is 13.3. The molecule has 24 heavy (non-hydrogen) atoms. The van der Waals surface area contributed by atoms with E-state index in [9.17, 15) is 19.7 Å². The molecular weight excluding hydrogens is 314 g/mol. The second kappa shape index (κ2) is 5.95. The molecule has 1 atom stereocenters. The highest BCUT2D eigenvalue weighted by molar-refractivity contribution is 5.95. The van der Waals surface area contributed by atoms with Gasteiger partial charge in [-0.25, -0.2) is 9.59 Å². The molecule has 1 aliphatic heterocycles. The van der Waals surface area contributed by atoms with Gasteiger partial charge in [0.05, 0.1) is 23.6 Å². The molecule has 8 nitrogen and oxygen atoms in total. The van der Waals surface area contributed by atoms with E-state index in [-0.39, 0.29) is 17.8 Å². The summed E-state index contributed by atoms with van der Waals surface area (Å²) in [5, 5.41) is 13.6. The summed E-state index contributed by atoms with van der Waals surface area (Å²) in [6.07, 6.45) is 1.81. The van der Waals surface area contributed by atoms with Crippen LogP contribution in [0, 0.1) is 10.1 Å². The predicted octanol–water partition coefficient (Wildman–Crippen LogP) is 2.27. The van der Waals surface area contributed by atoms with Gasteiger partial charge in [-0.2, -0.15) is 0 Å². The fraction of sp³-hybridized carbons (Fsp3) is 0.375. The van der Waals surface area contributed by atoms with Gasteiger partial charge in [0, 0.05) is 23.9 Å². The number of hydrogen-bond donors (Lipinski definition) is 1. The van der Waals surface area contributed by atoms with Crippen molar-refractivity contribution >= 4 is 17.7 Å². The molecule has 1 aromatic rings. The lowest BCUT2D eigenvalue weighted by Crippen LogP contribution is -2.48. The van der Waals surface area contributed by atoms with Crippen LogP contribution in [-0.2, 0) is 9.53 Å². The normalized spacial score (nSPS) is 20.7. The number of rotatable bonds is 4. The number of carbonyl (C=O) groups is 2. The molecule has 8 heteroatoms. The van der Waals surface area contributed by atoms with Crippen LogP contribution in [0.3, 0.4) is 0 Å². The van der Waals surface area contributed by atoms with Gasteiger partial charge in [-0.15, -0.1) is 0 Å². The molecule has 1 N–H and O–H groups in total. The second-order valence-electron chi connectivity index (χ2n) is 5.82. The minimum absolute atomic E-state index is 0.0548. The number of ether oxygens (including phenoxy) is 1. The highest BCUT2D eigenvalue weighted by Gasteiger charge is 2.42. The highest BCUT2D eigenvalue weighted by atomic mass is 16.6. The molecule has 1 aromatic carbocycles. The zero-order valence-corrected chi connectivity index (χ0v) is 13.3. The van der Waals surface area contributed by atoms with Gasteiger partial charge < -0.3 is 10.1 Å². The van der Waals surface area contributed by atoms with Gasteiger partial charge in [0.1, 0.15) is 0 Å². The molecule has 0 radical (unpaired) electrons. The van der Waals surface area contributed by atoms with Crippen molar-refractivity contribution in [1.29, 1.82) is 0 Å². The molecule has 3 rings (SSSR count). The van der Waals surface area contributed by atoms with Crippen LogP contribution >= 0.6 is 0 Å². The molecule has 0 spiro atoms. The molecule has 0 aromatic heterocycles. The van der Waals surface area contributed by atoms with Crippen molar-refractivity contribution in [2.45, 2.75) is 31.8 Å². The summed E-state index contributed by atoms with van der Waals surface area (Å²) < 4.78 is 4.87. The smallest absolute Gasteiger partial charge is 0.337 e. The van der Waals surface area contributed by atoms with E-state index in [0.717, 1.165) is 12.8 Å². The standard InChI is InChI=1S/C16H17N3O5/c1-9-13(15(20)24-2)14(17-16(21)18(9)11-7-8-11)10-3-5-12(6-4-10)19(22)23/h3-6,11,14H,7-8H2,1-2H3,(H,17,21). The van der Waals surface area contributed by atoms with Crippen molar-refractivity contribution in [3.05, 3.63) is 51.2 Å². The Morgan fingerprint density at radius 1 is 1.33 bits per heavy atom. The van der Waals surface area contributed by atoms with Crippen molar-refractivity contribution < 1.29 is 19.2 Å². The number of methoxy groups -OCH3 is 1. The first kappa shape index (κ1) is 16.0. The number of nitro groups is 1. The van der Waals surface area contributed by atoms with E-state index < -0.39 is 16.9 Å². The van der Waals surface area contributed by atoms with E-state index >= 15 is 0 Å². The summed E-state index contributed by atoms with van der Waals surface area (Å²) in [6, 6.07) is 4.91. The molecule has 1 saturated carbocycles. The average molecular weight is 331 g/mol. The largest absolute Gasteiger partial charge is 0.466 e. The predicted molar refractivity (Wildman–Crippen MR) is 83.9 cm³/mol. The number of nitro benzene ring substituents is 1. The van der Waals surface area contributed by atoms with Crippen LogP contribution in [0.2, 0.25) is 0 Å². The zero-order chi connectivity index (χ0) is 17.4. The number of non-ortho nitro benzene ring substituents is 1. The second-order valence-corrected chi connectivity index (χ2v) is 5.82. The van der Waals surface area contributed by atoms with Crippen LogP contribution < -0.4 is 5.32 Å². The van der Waals surface area contributed by atoms with Crippen molar-refractivity contribution in [3.63, 3.8) is 0 Å². The Balaban J connectivity index is 2.03. The van der Waals surface area contributed by atoms with Gasteiger partial charge in [-0.05, 0) is 37.5 Å². The number of hydrogen-bond acceptors (Lipinski definition) is 5. The number of benzene rings is 1. The fourth-order valence-corrected chi connectivity index (χ4v) is 2.94. The van der Waals surface area contributed by atoms with E-state index in [1.54, 1.807) is 11.8 Å². The lowest BCUT2D eigenvalue weighted by Gasteiger charge is -2.35. The molecule has 1 unspecified atom stereocenters. The Kier molecular flexibility index (Phi) is 3.96. The molecule has 2 aliphatic rings. The number of urea groups is 1. The van der Waals surface area contributed by atoms with Gasteiger partial charge in [-0.3, -0.25) is 15.0 Å². The summed E-state index contributed by atoms with van der Waals surface area (Å²) in [4.78, 5) is 36.6. The van der Waals surface area contributed by atoms with Crippen LogP contribution in [-0.4, -0.2) is 35.0 Å². The minimum Gasteiger partial charge on any atom is -0.466 e. The monoisotopic (exact) mass is 331 g/mol. The Morgan fingerprint density at radius 3 is 2.46 bits per heavy atom. The van der Waals surface area contributed by atoms with E-state index in [0.29, 0.717) is 16.8 Å². The molecule has 1 heterocycles. The first-order chi connectivity index (χ1) is 11.4. The van der Waals surface area contributed by atoms with Crippen molar-refractivity contribution in [1.82, 2.24) is 10.2 Å². The molecule has 1 aliphatic carbocycles. The number of amides is 2. The highest BCUT2D eigenvalue weighted by Crippen LogP contribution is 2.38. The van der Waals surface area contributed by atoms with Gasteiger partial charge in [-0.1, -0.05) is 0 Å². The fourth-order valence-electron chi connectivity index (χ4n) is 2.94. The topological polar surface area (TPSA) is 102 Å². The molecule has 0 saturated heterocycles. The van der Waals surface area contributed by atoms with Crippen molar-refractivity contribution in [2.24, 2.45) is 0 Å². The Hall–Kier alpha value is -2.90. The summed E-state index contributed by atoms with van der Waals surface area (Å²) in [7, 11) is 1.29. The van der Waals surface area contributed by atoms with E-state index in [2.05, 4.69) is 5.32 Å². The lowest BCUT2D eigenvalue weighted by atomic mass is 9.94. The van der Waals surface area contributed by atoms with Gasteiger partial charge >= 0.3 is 12.0 Å². The number of nitrogens with one attached hydrogen (secondary N) is 1. The Labute approximate surface area is 138 Å². The number of allylic oxidation sites excluding steroid dienone is 1. The third-order valence-electron chi connectivity index (χ3n) is 4.28. The van der Waals surface area contributed by atoms with Gasteiger partial charge in [0.15, 0.2) is 0 Å². The molecule has 126 valence electrons. The van der Waals surface area contributed by atoms with E-state index in [1.165, 1.54) is 31.4 Å². The maximum absolute atomic E-state index is 12.4. The molecule has 2 amide bonds. The maximum atomic E-state index is 12.4. The van der Waals surface area contributed by atoms with E-state index in [4.69, 9.17) is 4.74 Å². The van der Waals surface area contributed by atoms with Crippen LogP contribution in [0.1, 0.15) is 31.4 Å². The molecule has 1 fully saturated rings. The van der Waals surface area contributed by atoms with Crippen LogP contribution in [0.5, 0.6) is 0 Å². The third kappa shape index (κ3) is 2.70. The number of carbonyl (C=O) groups excluding carboxylic acids is 2.